The minimum Gasteiger partial charge on any atom is -0.355 e. The molecule has 1 aliphatic rings. The molecule has 1 aromatic carbocycles. The average Bonchev–Trinajstić information content (AvgIpc) is 3.21. The van der Waals surface area contributed by atoms with Crippen LogP contribution in [0.4, 0.5) is 0 Å². The lowest BCUT2D eigenvalue weighted by molar-refractivity contribution is -0.120. The third kappa shape index (κ3) is 5.73. The summed E-state index contributed by atoms with van der Waals surface area (Å²) >= 11 is 1.46. The molecular weight excluding hydrogens is 406 g/mol. The zero-order valence-corrected chi connectivity index (χ0v) is 18.7. The summed E-state index contributed by atoms with van der Waals surface area (Å²) < 4.78 is 2.07. The van der Waals surface area contributed by atoms with E-state index in [2.05, 4.69) is 37.2 Å². The number of hydrogen-bond acceptors (Lipinski definition) is 5. The normalized spacial score (nSPS) is 15.5. The van der Waals surface area contributed by atoms with Crippen molar-refractivity contribution in [3.8, 4) is 11.4 Å². The van der Waals surface area contributed by atoms with Crippen LogP contribution in [0.5, 0.6) is 0 Å². The molecule has 1 amide bonds. The number of benzene rings is 1. The van der Waals surface area contributed by atoms with Gasteiger partial charge in [0.25, 0.3) is 0 Å². The first kappa shape index (κ1) is 21.6. The monoisotopic (exact) mass is 435 g/mol. The number of pyridine rings is 1. The fraction of sp³-hybridized carbons (Fsp3) is 0.417. The summed E-state index contributed by atoms with van der Waals surface area (Å²) in [6.07, 6.45) is 9.88. The molecule has 3 aromatic rings. The molecule has 0 aliphatic heterocycles. The quantitative estimate of drug-likeness (QED) is 0.525. The third-order valence-electron chi connectivity index (χ3n) is 5.76. The smallest absolute Gasteiger partial charge is 0.233 e. The van der Waals surface area contributed by atoms with E-state index >= 15 is 0 Å². The van der Waals surface area contributed by atoms with Crippen molar-refractivity contribution in [3.05, 3.63) is 60.4 Å². The number of rotatable bonds is 8. The molecule has 0 spiro atoms. The largest absolute Gasteiger partial charge is 0.355 e. The Morgan fingerprint density at radius 2 is 1.94 bits per heavy atom. The number of thioether (sulfide) groups is 1. The van der Waals surface area contributed by atoms with E-state index < -0.39 is 0 Å². The highest BCUT2D eigenvalue weighted by molar-refractivity contribution is 8.00. The standard InChI is InChI=1S/C24H29N5OS/c1-18(23(30)26-15-19-9-4-2-5-10-19)31-24-28-27-22(21-13-8-14-25-16-21)29(24)17-20-11-6-3-7-12-20/h3,6-8,11-14,16,18-19H,2,4-5,9-10,15,17H2,1H3,(H,26,30). The molecule has 1 atom stereocenters. The number of carbonyl (C=O) groups is 1. The fourth-order valence-electron chi connectivity index (χ4n) is 3.98. The lowest BCUT2D eigenvalue weighted by Gasteiger charge is -2.22. The van der Waals surface area contributed by atoms with E-state index in [4.69, 9.17) is 0 Å². The van der Waals surface area contributed by atoms with E-state index in [1.807, 2.05) is 37.3 Å². The van der Waals surface area contributed by atoms with Crippen molar-refractivity contribution in [2.45, 2.75) is 56.0 Å². The predicted molar refractivity (Wildman–Crippen MR) is 124 cm³/mol. The first-order chi connectivity index (χ1) is 15.2. The first-order valence-electron chi connectivity index (χ1n) is 11.0. The summed E-state index contributed by atoms with van der Waals surface area (Å²) in [5.41, 5.74) is 2.07. The Morgan fingerprint density at radius 1 is 1.13 bits per heavy atom. The second-order valence-corrected chi connectivity index (χ2v) is 9.44. The van der Waals surface area contributed by atoms with E-state index in [9.17, 15) is 4.79 Å². The molecule has 0 radical (unpaired) electrons. The maximum atomic E-state index is 12.7. The topological polar surface area (TPSA) is 72.7 Å². The van der Waals surface area contributed by atoms with Crippen molar-refractivity contribution in [3.63, 3.8) is 0 Å². The van der Waals surface area contributed by atoms with Gasteiger partial charge < -0.3 is 5.32 Å². The Bertz CT molecular complexity index is 970. The van der Waals surface area contributed by atoms with Crippen LogP contribution in [0.3, 0.4) is 0 Å². The van der Waals surface area contributed by atoms with Gasteiger partial charge in [-0.1, -0.05) is 61.4 Å². The summed E-state index contributed by atoms with van der Waals surface area (Å²) in [6.45, 7) is 3.35. The van der Waals surface area contributed by atoms with Gasteiger partial charge >= 0.3 is 0 Å². The fourth-order valence-corrected chi connectivity index (χ4v) is 4.86. The Morgan fingerprint density at radius 3 is 2.68 bits per heavy atom. The van der Waals surface area contributed by atoms with Gasteiger partial charge in [-0.2, -0.15) is 0 Å². The van der Waals surface area contributed by atoms with E-state index in [1.54, 1.807) is 12.4 Å². The highest BCUT2D eigenvalue weighted by Gasteiger charge is 2.22. The highest BCUT2D eigenvalue weighted by atomic mass is 32.2. The number of carbonyl (C=O) groups excluding carboxylic acids is 1. The van der Waals surface area contributed by atoms with Crippen molar-refractivity contribution in [2.24, 2.45) is 5.92 Å². The van der Waals surface area contributed by atoms with Gasteiger partial charge in [-0.25, -0.2) is 0 Å². The summed E-state index contributed by atoms with van der Waals surface area (Å²) in [6, 6.07) is 14.1. The zero-order chi connectivity index (χ0) is 21.5. The van der Waals surface area contributed by atoms with Gasteiger partial charge in [-0.3, -0.25) is 14.3 Å². The van der Waals surface area contributed by atoms with Crippen LogP contribution in [-0.2, 0) is 11.3 Å². The minimum atomic E-state index is -0.246. The van der Waals surface area contributed by atoms with Crippen molar-refractivity contribution in [2.75, 3.05) is 6.54 Å². The maximum Gasteiger partial charge on any atom is 0.233 e. The van der Waals surface area contributed by atoms with Crippen LogP contribution in [0.15, 0.2) is 60.0 Å². The van der Waals surface area contributed by atoms with Gasteiger partial charge in [0, 0.05) is 24.5 Å². The number of hydrogen-bond donors (Lipinski definition) is 1. The molecule has 2 heterocycles. The van der Waals surface area contributed by atoms with Crippen LogP contribution in [0.25, 0.3) is 11.4 Å². The number of nitrogens with zero attached hydrogens (tertiary/aromatic N) is 4. The van der Waals surface area contributed by atoms with Gasteiger partial charge in [-0.05, 0) is 43.4 Å². The Hall–Kier alpha value is -2.67. The summed E-state index contributed by atoms with van der Waals surface area (Å²) in [5, 5.41) is 12.5. The Balaban J connectivity index is 1.49. The van der Waals surface area contributed by atoms with E-state index in [0.717, 1.165) is 28.7 Å². The highest BCUT2D eigenvalue weighted by Crippen LogP contribution is 2.28. The van der Waals surface area contributed by atoms with Crippen molar-refractivity contribution in [1.29, 1.82) is 0 Å². The predicted octanol–water partition coefficient (Wildman–Crippen LogP) is 4.57. The second-order valence-electron chi connectivity index (χ2n) is 8.13. The molecule has 31 heavy (non-hydrogen) atoms. The zero-order valence-electron chi connectivity index (χ0n) is 17.9. The Labute approximate surface area is 187 Å². The molecule has 2 aromatic heterocycles. The molecule has 0 saturated heterocycles. The van der Waals surface area contributed by atoms with E-state index in [-0.39, 0.29) is 11.2 Å². The van der Waals surface area contributed by atoms with Gasteiger partial charge in [0.15, 0.2) is 11.0 Å². The van der Waals surface area contributed by atoms with E-state index in [1.165, 1.54) is 43.9 Å². The molecule has 7 heteroatoms. The molecular formula is C24H29N5OS. The number of nitrogens with one attached hydrogen (secondary N) is 1. The first-order valence-corrected chi connectivity index (χ1v) is 11.9. The summed E-state index contributed by atoms with van der Waals surface area (Å²) in [7, 11) is 0. The molecule has 1 fully saturated rings. The lowest BCUT2D eigenvalue weighted by Crippen LogP contribution is -2.35. The molecule has 1 N–H and O–H groups in total. The lowest BCUT2D eigenvalue weighted by atomic mass is 9.89. The number of aromatic nitrogens is 4. The molecule has 6 nitrogen and oxygen atoms in total. The van der Waals surface area contributed by atoms with Gasteiger partial charge in [0.2, 0.25) is 5.91 Å². The van der Waals surface area contributed by atoms with Crippen LogP contribution in [0.2, 0.25) is 0 Å². The van der Waals surface area contributed by atoms with Crippen molar-refractivity contribution >= 4 is 17.7 Å². The summed E-state index contributed by atoms with van der Waals surface area (Å²) in [4.78, 5) is 17.0. The van der Waals surface area contributed by atoms with Crippen LogP contribution < -0.4 is 5.32 Å². The third-order valence-corrected chi connectivity index (χ3v) is 6.84. The molecule has 162 valence electrons. The molecule has 4 rings (SSSR count). The van der Waals surface area contributed by atoms with Crippen molar-refractivity contribution in [1.82, 2.24) is 25.1 Å². The van der Waals surface area contributed by atoms with Crippen LogP contribution in [0.1, 0.15) is 44.6 Å². The Kier molecular flexibility index (Phi) is 7.35. The van der Waals surface area contributed by atoms with Gasteiger partial charge in [0.05, 0.1) is 11.8 Å². The average molecular weight is 436 g/mol. The van der Waals surface area contributed by atoms with Crippen LogP contribution >= 0.6 is 11.8 Å². The molecule has 0 bridgehead atoms. The van der Waals surface area contributed by atoms with Crippen LogP contribution in [0, 0.1) is 5.92 Å². The SMILES string of the molecule is CC(Sc1nnc(-c2cccnc2)n1Cc1ccccc1)C(=O)NCC1CCCCC1. The minimum absolute atomic E-state index is 0.0627. The number of amides is 1. The molecule has 1 saturated carbocycles. The second kappa shape index (κ2) is 10.6. The maximum absolute atomic E-state index is 12.7. The van der Waals surface area contributed by atoms with Gasteiger partial charge in [-0.15, -0.1) is 10.2 Å². The van der Waals surface area contributed by atoms with Gasteiger partial charge in [0.1, 0.15) is 0 Å². The molecule has 1 aliphatic carbocycles. The van der Waals surface area contributed by atoms with E-state index in [0.29, 0.717) is 12.5 Å². The summed E-state index contributed by atoms with van der Waals surface area (Å²) in [5.74, 6) is 1.44. The van der Waals surface area contributed by atoms with Crippen LogP contribution in [-0.4, -0.2) is 37.5 Å². The molecule has 1 unspecified atom stereocenters. The van der Waals surface area contributed by atoms with Crippen molar-refractivity contribution < 1.29 is 4.79 Å².